The molecular weight excluding hydrogens is 278 g/mol. The number of carboxylic acids is 1. The van der Waals surface area contributed by atoms with Crippen LogP contribution in [0, 0.1) is 5.92 Å². The van der Waals surface area contributed by atoms with Gasteiger partial charge in [0.2, 0.25) is 5.91 Å². The van der Waals surface area contributed by atoms with Gasteiger partial charge in [0.1, 0.15) is 0 Å². The molecule has 1 N–H and O–H groups in total. The molecule has 0 spiro atoms. The topological polar surface area (TPSA) is 57.6 Å². The summed E-state index contributed by atoms with van der Waals surface area (Å²) in [6.07, 6.45) is 2.12. The Labute approximate surface area is 124 Å². The summed E-state index contributed by atoms with van der Waals surface area (Å²) < 4.78 is 0. The van der Waals surface area contributed by atoms with Gasteiger partial charge >= 0.3 is 5.97 Å². The smallest absolute Gasteiger partial charge is 0.308 e. The van der Waals surface area contributed by atoms with Crippen molar-refractivity contribution in [2.75, 3.05) is 11.4 Å². The second-order valence-corrected chi connectivity index (χ2v) is 5.26. The minimum absolute atomic E-state index is 0.0674. The van der Waals surface area contributed by atoms with E-state index in [0.29, 0.717) is 17.1 Å². The van der Waals surface area contributed by atoms with Crippen molar-refractivity contribution in [1.82, 2.24) is 0 Å². The van der Waals surface area contributed by atoms with E-state index in [-0.39, 0.29) is 12.5 Å². The number of halogens is 1. The summed E-state index contributed by atoms with van der Waals surface area (Å²) in [5, 5.41) is 9.55. The Kier molecular flexibility index (Phi) is 6.52. The van der Waals surface area contributed by atoms with Crippen LogP contribution in [-0.4, -0.2) is 23.5 Å². The van der Waals surface area contributed by atoms with Crippen LogP contribution in [0.15, 0.2) is 24.3 Å². The van der Waals surface area contributed by atoms with Gasteiger partial charge in [-0.3, -0.25) is 9.59 Å². The van der Waals surface area contributed by atoms with E-state index in [1.54, 1.807) is 31.2 Å². The molecule has 1 atom stereocenters. The predicted molar refractivity (Wildman–Crippen MR) is 80.1 cm³/mol. The zero-order valence-electron chi connectivity index (χ0n) is 11.8. The third-order valence-corrected chi connectivity index (χ3v) is 3.28. The molecule has 0 aromatic heterocycles. The highest BCUT2D eigenvalue weighted by atomic mass is 35.5. The van der Waals surface area contributed by atoms with Gasteiger partial charge in [-0.25, -0.2) is 0 Å². The zero-order chi connectivity index (χ0) is 15.1. The van der Waals surface area contributed by atoms with Crippen LogP contribution in [0.3, 0.4) is 0 Å². The molecule has 0 fully saturated rings. The molecule has 1 aromatic carbocycles. The fourth-order valence-electron chi connectivity index (χ4n) is 1.81. The summed E-state index contributed by atoms with van der Waals surface area (Å²) >= 11 is 5.94. The lowest BCUT2D eigenvalue weighted by atomic mass is 10.1. The zero-order valence-corrected chi connectivity index (χ0v) is 12.6. The Hall–Kier alpha value is -1.55. The number of aliphatic carboxylic acids is 1. The molecule has 1 unspecified atom stereocenters. The van der Waals surface area contributed by atoms with Crippen molar-refractivity contribution in [1.29, 1.82) is 0 Å². The average Bonchev–Trinajstić information content (AvgIpc) is 2.41. The molecule has 0 saturated carbocycles. The van der Waals surface area contributed by atoms with Crippen molar-refractivity contribution in [3.05, 3.63) is 29.3 Å². The first kappa shape index (κ1) is 16.5. The second kappa shape index (κ2) is 7.90. The van der Waals surface area contributed by atoms with Crippen molar-refractivity contribution < 1.29 is 14.7 Å². The van der Waals surface area contributed by atoms with Crippen molar-refractivity contribution in [2.45, 2.75) is 33.1 Å². The predicted octanol–water partition coefficient (Wildman–Crippen LogP) is 3.58. The Bertz CT molecular complexity index is 476. The molecule has 0 heterocycles. The first-order valence-electron chi connectivity index (χ1n) is 6.74. The Morgan fingerprint density at radius 1 is 1.40 bits per heavy atom. The van der Waals surface area contributed by atoms with Crippen LogP contribution in [0.4, 0.5) is 5.69 Å². The summed E-state index contributed by atoms with van der Waals surface area (Å²) in [5.74, 6) is -1.61. The van der Waals surface area contributed by atoms with E-state index in [1.165, 1.54) is 4.90 Å². The Morgan fingerprint density at radius 3 is 2.65 bits per heavy atom. The molecule has 0 bridgehead atoms. The van der Waals surface area contributed by atoms with Gasteiger partial charge in [-0.15, -0.1) is 0 Å². The maximum Gasteiger partial charge on any atom is 0.308 e. The van der Waals surface area contributed by atoms with Gasteiger partial charge in [0.05, 0.1) is 5.92 Å². The number of carbonyl (C=O) groups excluding carboxylic acids is 1. The highest BCUT2D eigenvalue weighted by Gasteiger charge is 2.21. The fourth-order valence-corrected chi connectivity index (χ4v) is 1.99. The van der Waals surface area contributed by atoms with Crippen LogP contribution in [0.1, 0.15) is 33.1 Å². The average molecular weight is 298 g/mol. The van der Waals surface area contributed by atoms with Gasteiger partial charge in [-0.2, -0.15) is 0 Å². The summed E-state index contributed by atoms with van der Waals surface area (Å²) in [6.45, 7) is 3.75. The largest absolute Gasteiger partial charge is 0.481 e. The van der Waals surface area contributed by atoms with Crippen LogP contribution in [0.5, 0.6) is 0 Å². The van der Waals surface area contributed by atoms with E-state index in [2.05, 4.69) is 0 Å². The number of benzene rings is 1. The third-order valence-electron chi connectivity index (χ3n) is 3.04. The number of hydrogen-bond acceptors (Lipinski definition) is 2. The van der Waals surface area contributed by atoms with Crippen molar-refractivity contribution >= 4 is 29.2 Å². The molecule has 0 radical (unpaired) electrons. The van der Waals surface area contributed by atoms with Crippen molar-refractivity contribution in [3.8, 4) is 0 Å². The number of hydrogen-bond donors (Lipinski definition) is 1. The number of nitrogens with zero attached hydrogens (tertiary/aromatic N) is 1. The van der Waals surface area contributed by atoms with Gasteiger partial charge < -0.3 is 10.0 Å². The van der Waals surface area contributed by atoms with Gasteiger partial charge in [-0.1, -0.05) is 37.9 Å². The number of carboxylic acid groups (broad SMARTS) is 1. The summed E-state index contributed by atoms with van der Waals surface area (Å²) in [5.41, 5.74) is 0.645. The number of rotatable bonds is 7. The van der Waals surface area contributed by atoms with E-state index in [1.807, 2.05) is 6.92 Å². The van der Waals surface area contributed by atoms with Crippen LogP contribution in [-0.2, 0) is 9.59 Å². The van der Waals surface area contributed by atoms with E-state index >= 15 is 0 Å². The standard InChI is InChI=1S/C15H20ClNO3/c1-3-4-8-14(18)17(10-11(2)15(19)20)13-7-5-6-12(16)9-13/h5-7,9,11H,3-4,8,10H2,1-2H3,(H,19,20). The number of unbranched alkanes of at least 4 members (excludes halogenated alkanes) is 1. The lowest BCUT2D eigenvalue weighted by Gasteiger charge is -2.25. The summed E-state index contributed by atoms with van der Waals surface area (Å²) in [7, 11) is 0. The molecule has 0 aliphatic heterocycles. The molecular formula is C15H20ClNO3. The van der Waals surface area contributed by atoms with Gasteiger partial charge in [-0.05, 0) is 24.6 Å². The summed E-state index contributed by atoms with van der Waals surface area (Å²) in [6, 6.07) is 6.92. The molecule has 1 rings (SSSR count). The van der Waals surface area contributed by atoms with Crippen LogP contribution in [0.25, 0.3) is 0 Å². The molecule has 1 amide bonds. The molecule has 0 aliphatic carbocycles. The van der Waals surface area contributed by atoms with Gasteiger partial charge in [0.25, 0.3) is 0 Å². The number of carbonyl (C=O) groups is 2. The minimum Gasteiger partial charge on any atom is -0.481 e. The monoisotopic (exact) mass is 297 g/mol. The first-order valence-corrected chi connectivity index (χ1v) is 7.12. The lowest BCUT2D eigenvalue weighted by Crippen LogP contribution is -2.36. The first-order chi connectivity index (χ1) is 9.45. The molecule has 4 nitrogen and oxygen atoms in total. The minimum atomic E-state index is -0.916. The highest BCUT2D eigenvalue weighted by Crippen LogP contribution is 2.22. The molecule has 0 saturated heterocycles. The quantitative estimate of drug-likeness (QED) is 0.837. The maximum atomic E-state index is 12.3. The van der Waals surface area contributed by atoms with E-state index in [0.717, 1.165) is 12.8 Å². The molecule has 110 valence electrons. The van der Waals surface area contributed by atoms with E-state index in [9.17, 15) is 9.59 Å². The second-order valence-electron chi connectivity index (χ2n) is 4.83. The number of amides is 1. The van der Waals surface area contributed by atoms with Crippen LogP contribution >= 0.6 is 11.6 Å². The van der Waals surface area contributed by atoms with Crippen LogP contribution in [0.2, 0.25) is 5.02 Å². The molecule has 20 heavy (non-hydrogen) atoms. The number of anilines is 1. The van der Waals surface area contributed by atoms with E-state index in [4.69, 9.17) is 16.7 Å². The highest BCUT2D eigenvalue weighted by molar-refractivity contribution is 6.30. The molecule has 0 aliphatic rings. The Morgan fingerprint density at radius 2 is 2.10 bits per heavy atom. The van der Waals surface area contributed by atoms with Gasteiger partial charge in [0.15, 0.2) is 0 Å². The Balaban J connectivity index is 2.94. The normalized spacial score (nSPS) is 11.9. The SMILES string of the molecule is CCCCC(=O)N(CC(C)C(=O)O)c1cccc(Cl)c1. The maximum absolute atomic E-state index is 12.3. The van der Waals surface area contributed by atoms with E-state index < -0.39 is 11.9 Å². The third kappa shape index (κ3) is 4.85. The van der Waals surface area contributed by atoms with Crippen molar-refractivity contribution in [3.63, 3.8) is 0 Å². The molecule has 1 aromatic rings. The van der Waals surface area contributed by atoms with Crippen molar-refractivity contribution in [2.24, 2.45) is 5.92 Å². The van der Waals surface area contributed by atoms with Gasteiger partial charge in [0, 0.05) is 23.7 Å². The summed E-state index contributed by atoms with van der Waals surface area (Å²) in [4.78, 5) is 24.8. The van der Waals surface area contributed by atoms with Crippen LogP contribution < -0.4 is 4.90 Å². The lowest BCUT2D eigenvalue weighted by molar-refractivity contribution is -0.140. The fraction of sp³-hybridized carbons (Fsp3) is 0.467. The molecule has 5 heteroatoms.